The van der Waals surface area contributed by atoms with Gasteiger partial charge in [-0.1, -0.05) is 17.7 Å². The highest BCUT2D eigenvalue weighted by atomic mass is 35.5. The molecular formula is C14H18ClNO3S. The summed E-state index contributed by atoms with van der Waals surface area (Å²) in [4.78, 5) is 22.9. The lowest BCUT2D eigenvalue weighted by Crippen LogP contribution is -2.17. The quantitative estimate of drug-likeness (QED) is 0.819. The monoisotopic (exact) mass is 315 g/mol. The number of esters is 1. The van der Waals surface area contributed by atoms with Gasteiger partial charge in [0.25, 0.3) is 0 Å². The molecule has 0 atom stereocenters. The molecule has 0 fully saturated rings. The number of carbonyl (C=O) groups is 2. The van der Waals surface area contributed by atoms with E-state index in [9.17, 15) is 9.59 Å². The molecule has 1 rings (SSSR count). The second-order valence-electron chi connectivity index (χ2n) is 4.28. The van der Waals surface area contributed by atoms with Crippen molar-refractivity contribution in [3.63, 3.8) is 0 Å². The van der Waals surface area contributed by atoms with E-state index < -0.39 is 0 Å². The first-order chi connectivity index (χ1) is 9.43. The summed E-state index contributed by atoms with van der Waals surface area (Å²) in [7, 11) is 0. The Labute approximate surface area is 128 Å². The van der Waals surface area contributed by atoms with Crippen LogP contribution in [0.3, 0.4) is 0 Å². The molecule has 0 heterocycles. The summed E-state index contributed by atoms with van der Waals surface area (Å²) >= 11 is 7.32. The molecule has 4 nitrogen and oxygen atoms in total. The van der Waals surface area contributed by atoms with Gasteiger partial charge in [0, 0.05) is 0 Å². The molecule has 20 heavy (non-hydrogen) atoms. The van der Waals surface area contributed by atoms with Crippen molar-refractivity contribution in [1.29, 1.82) is 0 Å². The number of aryl methyl sites for hydroxylation is 2. The molecule has 1 aromatic carbocycles. The van der Waals surface area contributed by atoms with Gasteiger partial charge in [-0.25, -0.2) is 0 Å². The summed E-state index contributed by atoms with van der Waals surface area (Å²) in [6.45, 7) is 5.93. The first-order valence-electron chi connectivity index (χ1n) is 6.24. The molecule has 0 saturated carbocycles. The van der Waals surface area contributed by atoms with Crippen LogP contribution in [0.25, 0.3) is 0 Å². The van der Waals surface area contributed by atoms with E-state index in [-0.39, 0.29) is 23.4 Å². The van der Waals surface area contributed by atoms with Crippen LogP contribution in [-0.2, 0) is 14.3 Å². The fourth-order valence-electron chi connectivity index (χ4n) is 1.68. The van der Waals surface area contributed by atoms with Gasteiger partial charge in [0.1, 0.15) is 0 Å². The number of hydrogen-bond acceptors (Lipinski definition) is 4. The van der Waals surface area contributed by atoms with Gasteiger partial charge in [-0.15, -0.1) is 11.8 Å². The summed E-state index contributed by atoms with van der Waals surface area (Å²) in [5.74, 6) is -0.146. The van der Waals surface area contributed by atoms with Crippen LogP contribution in [0.5, 0.6) is 0 Å². The van der Waals surface area contributed by atoms with Gasteiger partial charge in [-0.05, 0) is 38.0 Å². The Morgan fingerprint density at radius 1 is 1.30 bits per heavy atom. The largest absolute Gasteiger partial charge is 0.465 e. The Balaban J connectivity index is 2.49. The number of halogens is 1. The van der Waals surface area contributed by atoms with Crippen LogP contribution in [0.15, 0.2) is 12.1 Å². The second-order valence-corrected chi connectivity index (χ2v) is 5.68. The summed E-state index contributed by atoms with van der Waals surface area (Å²) in [6, 6.07) is 3.75. The summed E-state index contributed by atoms with van der Waals surface area (Å²) in [5.41, 5.74) is 2.58. The maximum Gasteiger partial charge on any atom is 0.315 e. The number of anilines is 1. The number of thioether (sulfide) groups is 1. The number of nitrogens with one attached hydrogen (secondary N) is 1. The van der Waals surface area contributed by atoms with Crippen molar-refractivity contribution in [3.8, 4) is 0 Å². The smallest absolute Gasteiger partial charge is 0.315 e. The van der Waals surface area contributed by atoms with Gasteiger partial charge in [0.05, 0.1) is 28.8 Å². The molecule has 0 aliphatic carbocycles. The molecule has 0 aliphatic rings. The molecule has 0 radical (unpaired) electrons. The fraction of sp³-hybridized carbons (Fsp3) is 0.429. The highest BCUT2D eigenvalue weighted by molar-refractivity contribution is 8.00. The maximum absolute atomic E-state index is 11.8. The van der Waals surface area contributed by atoms with E-state index in [2.05, 4.69) is 5.32 Å². The minimum atomic E-state index is -0.310. The fourth-order valence-corrected chi connectivity index (χ4v) is 2.66. The van der Waals surface area contributed by atoms with Crippen molar-refractivity contribution in [2.45, 2.75) is 20.8 Å². The third-order valence-electron chi connectivity index (χ3n) is 2.45. The molecule has 6 heteroatoms. The predicted octanol–water partition coefficient (Wildman–Crippen LogP) is 3.19. The average Bonchev–Trinajstić information content (AvgIpc) is 2.34. The predicted molar refractivity (Wildman–Crippen MR) is 83.5 cm³/mol. The summed E-state index contributed by atoms with van der Waals surface area (Å²) in [6.07, 6.45) is 0. The second kappa shape index (κ2) is 8.17. The van der Waals surface area contributed by atoms with E-state index in [0.717, 1.165) is 11.1 Å². The topological polar surface area (TPSA) is 55.4 Å². The van der Waals surface area contributed by atoms with Crippen LogP contribution >= 0.6 is 23.4 Å². The van der Waals surface area contributed by atoms with Gasteiger partial charge in [-0.3, -0.25) is 9.59 Å². The van der Waals surface area contributed by atoms with E-state index >= 15 is 0 Å². The zero-order valence-electron chi connectivity index (χ0n) is 11.8. The SMILES string of the molecule is CCOC(=O)CSCC(=O)Nc1c(C)cc(C)cc1Cl. The molecule has 0 saturated heterocycles. The third kappa shape index (κ3) is 5.43. The minimum absolute atomic E-state index is 0.169. The van der Waals surface area contributed by atoms with E-state index in [1.165, 1.54) is 11.8 Å². The van der Waals surface area contributed by atoms with Crippen molar-refractivity contribution in [2.24, 2.45) is 0 Å². The number of carbonyl (C=O) groups excluding carboxylic acids is 2. The Kier molecular flexibility index (Phi) is 6.88. The van der Waals surface area contributed by atoms with E-state index in [0.29, 0.717) is 17.3 Å². The highest BCUT2D eigenvalue weighted by Gasteiger charge is 2.10. The molecule has 0 aromatic heterocycles. The van der Waals surface area contributed by atoms with Crippen molar-refractivity contribution in [2.75, 3.05) is 23.4 Å². The number of rotatable bonds is 6. The number of amides is 1. The molecule has 0 aliphatic heterocycles. The third-order valence-corrected chi connectivity index (χ3v) is 3.66. The van der Waals surface area contributed by atoms with Crippen LogP contribution in [-0.4, -0.2) is 30.0 Å². The van der Waals surface area contributed by atoms with Gasteiger partial charge < -0.3 is 10.1 Å². The lowest BCUT2D eigenvalue weighted by Gasteiger charge is -2.11. The first-order valence-corrected chi connectivity index (χ1v) is 7.77. The zero-order chi connectivity index (χ0) is 15.1. The molecule has 110 valence electrons. The Morgan fingerprint density at radius 3 is 2.60 bits per heavy atom. The molecule has 0 unspecified atom stereocenters. The van der Waals surface area contributed by atoms with Crippen molar-refractivity contribution in [1.82, 2.24) is 0 Å². The number of ether oxygens (including phenoxy) is 1. The van der Waals surface area contributed by atoms with Crippen LogP contribution in [0.2, 0.25) is 5.02 Å². The molecule has 0 bridgehead atoms. The van der Waals surface area contributed by atoms with Crippen LogP contribution in [0.1, 0.15) is 18.1 Å². The van der Waals surface area contributed by atoms with E-state index in [4.69, 9.17) is 16.3 Å². The maximum atomic E-state index is 11.8. The molecule has 1 aromatic rings. The lowest BCUT2D eigenvalue weighted by molar-refractivity contribution is -0.139. The van der Waals surface area contributed by atoms with E-state index in [1.54, 1.807) is 13.0 Å². The van der Waals surface area contributed by atoms with Crippen molar-refractivity contribution >= 4 is 40.9 Å². The molecular weight excluding hydrogens is 298 g/mol. The van der Waals surface area contributed by atoms with Crippen molar-refractivity contribution in [3.05, 3.63) is 28.3 Å². The van der Waals surface area contributed by atoms with Gasteiger partial charge in [-0.2, -0.15) is 0 Å². The normalized spacial score (nSPS) is 10.2. The van der Waals surface area contributed by atoms with Crippen LogP contribution in [0, 0.1) is 13.8 Å². The standard InChI is InChI=1S/C14H18ClNO3S/c1-4-19-13(18)8-20-7-12(17)16-14-10(3)5-9(2)6-11(14)15/h5-6H,4,7-8H2,1-3H3,(H,16,17). The Hall–Kier alpha value is -1.20. The Bertz CT molecular complexity index is 482. The Morgan fingerprint density at radius 2 is 2.00 bits per heavy atom. The summed E-state index contributed by atoms with van der Waals surface area (Å²) in [5, 5.41) is 3.29. The number of hydrogen-bond donors (Lipinski definition) is 1. The van der Waals surface area contributed by atoms with Crippen LogP contribution < -0.4 is 5.32 Å². The number of benzene rings is 1. The van der Waals surface area contributed by atoms with Gasteiger partial charge >= 0.3 is 5.97 Å². The highest BCUT2D eigenvalue weighted by Crippen LogP contribution is 2.27. The lowest BCUT2D eigenvalue weighted by atomic mass is 10.1. The first kappa shape index (κ1) is 16.9. The summed E-state index contributed by atoms with van der Waals surface area (Å²) < 4.78 is 4.78. The minimum Gasteiger partial charge on any atom is -0.465 e. The molecule has 1 N–H and O–H groups in total. The van der Waals surface area contributed by atoms with Crippen LogP contribution in [0.4, 0.5) is 5.69 Å². The van der Waals surface area contributed by atoms with Gasteiger partial charge in [0.2, 0.25) is 5.91 Å². The molecule has 0 spiro atoms. The van der Waals surface area contributed by atoms with Crippen molar-refractivity contribution < 1.29 is 14.3 Å². The zero-order valence-corrected chi connectivity index (χ0v) is 13.4. The van der Waals surface area contributed by atoms with Gasteiger partial charge in [0.15, 0.2) is 0 Å². The molecule has 1 amide bonds. The average molecular weight is 316 g/mol. The van der Waals surface area contributed by atoms with E-state index in [1.807, 2.05) is 19.9 Å².